The van der Waals surface area contributed by atoms with Crippen LogP contribution in [0.15, 0.2) is 12.1 Å². The predicted molar refractivity (Wildman–Crippen MR) is 63.6 cm³/mol. The van der Waals surface area contributed by atoms with Gasteiger partial charge in [0, 0.05) is 5.33 Å². The van der Waals surface area contributed by atoms with Crippen LogP contribution < -0.4 is 4.74 Å². The van der Waals surface area contributed by atoms with E-state index in [1.807, 2.05) is 0 Å². The van der Waals surface area contributed by atoms with Gasteiger partial charge in [-0.05, 0) is 6.07 Å². The van der Waals surface area contributed by atoms with Gasteiger partial charge >= 0.3 is 5.97 Å². The molecular formula is C10H10BrNO5. The number of rotatable bonds is 4. The van der Waals surface area contributed by atoms with Crippen LogP contribution in [0.2, 0.25) is 0 Å². The van der Waals surface area contributed by atoms with Crippen molar-refractivity contribution >= 4 is 27.6 Å². The molecule has 0 saturated carbocycles. The number of carbonyl (C=O) groups is 1. The molecule has 92 valence electrons. The van der Waals surface area contributed by atoms with Gasteiger partial charge in [-0.1, -0.05) is 15.9 Å². The number of hydrogen-bond acceptors (Lipinski definition) is 5. The first-order valence-corrected chi connectivity index (χ1v) is 5.66. The Kier molecular flexibility index (Phi) is 4.45. The van der Waals surface area contributed by atoms with E-state index in [9.17, 15) is 14.9 Å². The lowest BCUT2D eigenvalue weighted by atomic mass is 10.1. The van der Waals surface area contributed by atoms with Crippen molar-refractivity contribution in [3.05, 3.63) is 33.4 Å². The van der Waals surface area contributed by atoms with Gasteiger partial charge < -0.3 is 9.47 Å². The highest BCUT2D eigenvalue weighted by atomic mass is 79.9. The number of carbonyl (C=O) groups excluding carboxylic acids is 1. The van der Waals surface area contributed by atoms with Crippen molar-refractivity contribution in [1.82, 2.24) is 0 Å². The van der Waals surface area contributed by atoms with Crippen LogP contribution >= 0.6 is 15.9 Å². The molecule has 0 aliphatic heterocycles. The number of hydrogen-bond donors (Lipinski definition) is 0. The molecule has 0 aliphatic carbocycles. The molecule has 1 aromatic carbocycles. The molecule has 0 radical (unpaired) electrons. The second-order valence-electron chi connectivity index (χ2n) is 3.05. The normalized spacial score (nSPS) is 9.82. The van der Waals surface area contributed by atoms with Crippen LogP contribution in [0, 0.1) is 10.1 Å². The Hall–Kier alpha value is -1.63. The summed E-state index contributed by atoms with van der Waals surface area (Å²) >= 11 is 3.12. The average Bonchev–Trinajstić information content (AvgIpc) is 2.35. The maximum Gasteiger partial charge on any atom is 0.338 e. The molecule has 0 fully saturated rings. The van der Waals surface area contributed by atoms with Crippen LogP contribution in [-0.2, 0) is 10.1 Å². The summed E-state index contributed by atoms with van der Waals surface area (Å²) < 4.78 is 9.49. The molecule has 0 aliphatic rings. The van der Waals surface area contributed by atoms with E-state index >= 15 is 0 Å². The number of nitro benzene ring substituents is 1. The zero-order valence-corrected chi connectivity index (χ0v) is 10.8. The fraction of sp³-hybridized carbons (Fsp3) is 0.300. The lowest BCUT2D eigenvalue weighted by Gasteiger charge is -2.08. The molecule has 7 heteroatoms. The summed E-state index contributed by atoms with van der Waals surface area (Å²) in [7, 11) is 2.58. The van der Waals surface area contributed by atoms with Crippen LogP contribution in [0.3, 0.4) is 0 Å². The van der Waals surface area contributed by atoms with Crippen molar-refractivity contribution < 1.29 is 19.2 Å². The van der Waals surface area contributed by atoms with Crippen molar-refractivity contribution in [1.29, 1.82) is 0 Å². The first-order valence-electron chi connectivity index (χ1n) is 4.54. The molecular weight excluding hydrogens is 294 g/mol. The van der Waals surface area contributed by atoms with Crippen molar-refractivity contribution in [3.8, 4) is 5.75 Å². The van der Waals surface area contributed by atoms with Gasteiger partial charge in [-0.3, -0.25) is 10.1 Å². The Morgan fingerprint density at radius 1 is 1.47 bits per heavy atom. The van der Waals surface area contributed by atoms with Crippen LogP contribution in [0.4, 0.5) is 5.69 Å². The van der Waals surface area contributed by atoms with E-state index in [4.69, 9.17) is 4.74 Å². The third-order valence-electron chi connectivity index (χ3n) is 2.17. The SMILES string of the molecule is COC(=O)c1cc(OC)cc([N+](=O)[O-])c1CBr. The number of nitrogens with zero attached hydrogens (tertiary/aromatic N) is 1. The van der Waals surface area contributed by atoms with Crippen LogP contribution in [0.25, 0.3) is 0 Å². The first-order chi connectivity index (χ1) is 8.04. The fourth-order valence-electron chi connectivity index (χ4n) is 1.34. The molecule has 0 bridgehead atoms. The lowest BCUT2D eigenvalue weighted by Crippen LogP contribution is -2.08. The second-order valence-corrected chi connectivity index (χ2v) is 3.62. The smallest absolute Gasteiger partial charge is 0.338 e. The van der Waals surface area contributed by atoms with Crippen LogP contribution in [0.5, 0.6) is 5.75 Å². The number of nitro groups is 1. The number of benzene rings is 1. The van der Waals surface area contributed by atoms with E-state index in [0.29, 0.717) is 0 Å². The van der Waals surface area contributed by atoms with Crippen molar-refractivity contribution in [2.45, 2.75) is 5.33 Å². The maximum atomic E-state index is 11.5. The van der Waals surface area contributed by atoms with Gasteiger partial charge in [-0.2, -0.15) is 0 Å². The fourth-order valence-corrected chi connectivity index (χ4v) is 1.93. The minimum atomic E-state index is -0.638. The molecule has 0 heterocycles. The monoisotopic (exact) mass is 303 g/mol. The highest BCUT2D eigenvalue weighted by Crippen LogP contribution is 2.30. The summed E-state index contributed by atoms with van der Waals surface area (Å²) in [5.74, 6) is -0.400. The molecule has 0 unspecified atom stereocenters. The summed E-state index contributed by atoms with van der Waals surface area (Å²) in [6.07, 6.45) is 0. The predicted octanol–water partition coefficient (Wildman–Crippen LogP) is 2.28. The maximum absolute atomic E-state index is 11.5. The Balaban J connectivity index is 3.50. The van der Waals surface area contributed by atoms with Crippen LogP contribution in [-0.4, -0.2) is 25.1 Å². The Morgan fingerprint density at radius 2 is 2.12 bits per heavy atom. The third-order valence-corrected chi connectivity index (χ3v) is 2.73. The Bertz CT molecular complexity index is 460. The third kappa shape index (κ3) is 2.73. The zero-order valence-electron chi connectivity index (χ0n) is 9.23. The standard InChI is InChI=1S/C10H10BrNO5/c1-16-6-3-7(10(13)17-2)8(5-11)9(4-6)12(14)15/h3-4H,5H2,1-2H3. The summed E-state index contributed by atoms with van der Waals surface area (Å²) in [5, 5.41) is 11.1. The molecule has 1 aromatic rings. The van der Waals surface area contributed by atoms with Crippen LogP contribution in [0.1, 0.15) is 15.9 Å². The van der Waals surface area contributed by atoms with E-state index in [-0.39, 0.29) is 27.9 Å². The minimum absolute atomic E-state index is 0.121. The topological polar surface area (TPSA) is 78.7 Å². The summed E-state index contributed by atoms with van der Waals surface area (Å²) in [6, 6.07) is 2.68. The summed E-state index contributed by atoms with van der Waals surface area (Å²) in [5.41, 5.74) is 0.208. The molecule has 0 spiro atoms. The van der Waals surface area contributed by atoms with Crippen molar-refractivity contribution in [2.75, 3.05) is 14.2 Å². The molecule has 17 heavy (non-hydrogen) atoms. The molecule has 0 N–H and O–H groups in total. The highest BCUT2D eigenvalue weighted by molar-refractivity contribution is 9.08. The quantitative estimate of drug-likeness (QED) is 0.369. The number of ether oxygens (including phenoxy) is 2. The van der Waals surface area contributed by atoms with Crippen molar-refractivity contribution in [3.63, 3.8) is 0 Å². The van der Waals surface area contributed by atoms with Gasteiger partial charge in [-0.25, -0.2) is 4.79 Å². The summed E-state index contributed by atoms with van der Waals surface area (Å²) in [4.78, 5) is 21.8. The van der Waals surface area contributed by atoms with Gasteiger partial charge in [0.25, 0.3) is 5.69 Å². The number of methoxy groups -OCH3 is 2. The van der Waals surface area contributed by atoms with E-state index < -0.39 is 10.9 Å². The Labute approximate surface area is 106 Å². The number of alkyl halides is 1. The van der Waals surface area contributed by atoms with Gasteiger partial charge in [0.2, 0.25) is 0 Å². The molecule has 6 nitrogen and oxygen atoms in total. The van der Waals surface area contributed by atoms with E-state index in [2.05, 4.69) is 20.7 Å². The molecule has 0 amide bonds. The van der Waals surface area contributed by atoms with E-state index in [1.165, 1.54) is 26.4 Å². The molecule has 1 rings (SSSR count). The first kappa shape index (κ1) is 13.4. The zero-order chi connectivity index (χ0) is 13.0. The molecule has 0 aromatic heterocycles. The lowest BCUT2D eigenvalue weighted by molar-refractivity contribution is -0.385. The number of halogens is 1. The summed E-state index contributed by atoms with van der Waals surface area (Å²) in [6.45, 7) is 0. The van der Waals surface area contributed by atoms with E-state index in [1.54, 1.807) is 0 Å². The Morgan fingerprint density at radius 3 is 2.53 bits per heavy atom. The number of esters is 1. The minimum Gasteiger partial charge on any atom is -0.496 e. The average molecular weight is 304 g/mol. The van der Waals surface area contributed by atoms with Gasteiger partial charge in [0.15, 0.2) is 0 Å². The highest BCUT2D eigenvalue weighted by Gasteiger charge is 2.23. The van der Waals surface area contributed by atoms with Gasteiger partial charge in [0.05, 0.1) is 36.3 Å². The van der Waals surface area contributed by atoms with Gasteiger partial charge in [0.1, 0.15) is 5.75 Å². The molecule has 0 saturated heterocycles. The largest absolute Gasteiger partial charge is 0.496 e. The van der Waals surface area contributed by atoms with Gasteiger partial charge in [-0.15, -0.1) is 0 Å². The van der Waals surface area contributed by atoms with E-state index in [0.717, 1.165) is 0 Å². The second kappa shape index (κ2) is 5.62. The van der Waals surface area contributed by atoms with Crippen molar-refractivity contribution in [2.24, 2.45) is 0 Å². The molecule has 0 atom stereocenters.